The van der Waals surface area contributed by atoms with Gasteiger partial charge in [-0.3, -0.25) is 4.79 Å². The van der Waals surface area contributed by atoms with E-state index in [-0.39, 0.29) is 12.5 Å². The van der Waals surface area contributed by atoms with Crippen molar-refractivity contribution >= 4 is 5.97 Å². The number of carboxylic acids is 1. The molecule has 1 saturated heterocycles. The molecule has 0 aliphatic carbocycles. The topological polar surface area (TPSA) is 107 Å². The number of rotatable bonds is 6. The minimum absolute atomic E-state index is 0.00793. The normalized spacial score (nSPS) is 22.0. The van der Waals surface area contributed by atoms with Crippen molar-refractivity contribution < 1.29 is 14.6 Å². The maximum atomic E-state index is 10.9. The highest BCUT2D eigenvalue weighted by Crippen LogP contribution is 2.16. The SMILES string of the molecule is [N-]=[N+]=NCCNC(C(=O)O)C1CCOC1. The molecule has 1 aliphatic rings. The quantitative estimate of drug-likeness (QED) is 0.288. The summed E-state index contributed by atoms with van der Waals surface area (Å²) >= 11 is 0. The van der Waals surface area contributed by atoms with Crippen LogP contribution >= 0.6 is 0 Å². The third kappa shape index (κ3) is 3.75. The number of carboxylic acid groups (broad SMARTS) is 1. The molecular weight excluding hydrogens is 200 g/mol. The fourth-order valence-electron chi connectivity index (χ4n) is 1.59. The van der Waals surface area contributed by atoms with Gasteiger partial charge in [0.05, 0.1) is 6.61 Å². The number of hydrogen-bond acceptors (Lipinski definition) is 4. The first-order chi connectivity index (χ1) is 7.25. The average Bonchev–Trinajstić information content (AvgIpc) is 2.70. The molecule has 15 heavy (non-hydrogen) atoms. The summed E-state index contributed by atoms with van der Waals surface area (Å²) in [5, 5.41) is 15.1. The molecule has 1 rings (SSSR count). The summed E-state index contributed by atoms with van der Waals surface area (Å²) in [6, 6.07) is -0.610. The van der Waals surface area contributed by atoms with Gasteiger partial charge in [0.1, 0.15) is 6.04 Å². The minimum Gasteiger partial charge on any atom is -0.480 e. The predicted molar refractivity (Wildman–Crippen MR) is 52.4 cm³/mol. The van der Waals surface area contributed by atoms with Crippen LogP contribution in [0, 0.1) is 5.92 Å². The summed E-state index contributed by atoms with van der Waals surface area (Å²) in [4.78, 5) is 13.5. The van der Waals surface area contributed by atoms with Crippen molar-refractivity contribution in [3.05, 3.63) is 10.4 Å². The Bertz CT molecular complexity index is 259. The molecule has 2 N–H and O–H groups in total. The lowest BCUT2D eigenvalue weighted by Gasteiger charge is -2.18. The van der Waals surface area contributed by atoms with Crippen molar-refractivity contribution in [2.75, 3.05) is 26.3 Å². The van der Waals surface area contributed by atoms with Gasteiger partial charge in [0.15, 0.2) is 0 Å². The number of nitrogens with zero attached hydrogens (tertiary/aromatic N) is 3. The number of hydrogen-bond donors (Lipinski definition) is 2. The van der Waals surface area contributed by atoms with Gasteiger partial charge >= 0.3 is 5.97 Å². The highest BCUT2D eigenvalue weighted by molar-refractivity contribution is 5.73. The van der Waals surface area contributed by atoms with E-state index in [2.05, 4.69) is 15.3 Å². The van der Waals surface area contributed by atoms with E-state index in [0.717, 1.165) is 6.42 Å². The molecular formula is C8H14N4O3. The molecule has 84 valence electrons. The summed E-state index contributed by atoms with van der Waals surface area (Å²) in [5.41, 5.74) is 8.05. The van der Waals surface area contributed by atoms with Gasteiger partial charge in [-0.25, -0.2) is 0 Å². The first-order valence-electron chi connectivity index (χ1n) is 4.80. The van der Waals surface area contributed by atoms with Crippen LogP contribution in [0.5, 0.6) is 0 Å². The molecule has 0 amide bonds. The molecule has 0 saturated carbocycles. The summed E-state index contributed by atoms with van der Waals surface area (Å²) < 4.78 is 5.13. The van der Waals surface area contributed by atoms with Gasteiger partial charge in [-0.15, -0.1) is 0 Å². The van der Waals surface area contributed by atoms with Crippen LogP contribution in [-0.2, 0) is 9.53 Å². The minimum atomic E-state index is -0.883. The molecule has 2 unspecified atom stereocenters. The molecule has 0 aromatic carbocycles. The highest BCUT2D eigenvalue weighted by atomic mass is 16.5. The fraction of sp³-hybridized carbons (Fsp3) is 0.875. The first-order valence-corrected chi connectivity index (χ1v) is 4.80. The molecule has 7 nitrogen and oxygen atoms in total. The Morgan fingerprint density at radius 3 is 3.13 bits per heavy atom. The largest absolute Gasteiger partial charge is 0.480 e. The number of azide groups is 1. The van der Waals surface area contributed by atoms with Crippen LogP contribution in [0.25, 0.3) is 10.4 Å². The maximum Gasteiger partial charge on any atom is 0.321 e. The Hall–Kier alpha value is -1.30. The zero-order chi connectivity index (χ0) is 11.1. The van der Waals surface area contributed by atoms with Crippen molar-refractivity contribution in [2.24, 2.45) is 11.0 Å². The first kappa shape index (κ1) is 11.8. The number of aliphatic carboxylic acids is 1. The zero-order valence-corrected chi connectivity index (χ0v) is 8.30. The van der Waals surface area contributed by atoms with Crippen molar-refractivity contribution in [1.82, 2.24) is 5.32 Å². The van der Waals surface area contributed by atoms with Gasteiger partial charge in [-0.2, -0.15) is 0 Å². The molecule has 7 heteroatoms. The van der Waals surface area contributed by atoms with Crippen LogP contribution in [-0.4, -0.2) is 43.4 Å². The van der Waals surface area contributed by atoms with E-state index in [1.807, 2.05) is 0 Å². The standard InChI is InChI=1S/C8H14N4O3/c9-12-11-3-2-10-7(8(13)14)6-1-4-15-5-6/h6-7,10H,1-5H2,(H,13,14). The molecule has 0 spiro atoms. The molecule has 1 aliphatic heterocycles. The molecule has 0 radical (unpaired) electrons. The lowest BCUT2D eigenvalue weighted by atomic mass is 9.99. The van der Waals surface area contributed by atoms with Gasteiger partial charge in [0.25, 0.3) is 0 Å². The second-order valence-electron chi connectivity index (χ2n) is 3.35. The van der Waals surface area contributed by atoms with Crippen LogP contribution in [0.3, 0.4) is 0 Å². The van der Waals surface area contributed by atoms with E-state index in [4.69, 9.17) is 15.4 Å². The second-order valence-corrected chi connectivity index (χ2v) is 3.35. The van der Waals surface area contributed by atoms with Crippen LogP contribution in [0.2, 0.25) is 0 Å². The van der Waals surface area contributed by atoms with Crippen molar-refractivity contribution in [2.45, 2.75) is 12.5 Å². The van der Waals surface area contributed by atoms with Gasteiger partial charge in [-0.1, -0.05) is 5.11 Å². The monoisotopic (exact) mass is 214 g/mol. The predicted octanol–water partition coefficient (Wildman–Crippen LogP) is 0.376. The summed E-state index contributed by atoms with van der Waals surface area (Å²) in [7, 11) is 0. The van der Waals surface area contributed by atoms with Crippen LogP contribution < -0.4 is 5.32 Å². The summed E-state index contributed by atoms with van der Waals surface area (Å²) in [5.74, 6) is -0.875. The zero-order valence-electron chi connectivity index (χ0n) is 8.30. The van der Waals surface area contributed by atoms with E-state index >= 15 is 0 Å². The van der Waals surface area contributed by atoms with Gasteiger partial charge in [0.2, 0.25) is 0 Å². The smallest absolute Gasteiger partial charge is 0.321 e. The fourth-order valence-corrected chi connectivity index (χ4v) is 1.59. The van der Waals surface area contributed by atoms with Gasteiger partial charge in [-0.05, 0) is 12.0 Å². The van der Waals surface area contributed by atoms with Crippen molar-refractivity contribution in [3.63, 3.8) is 0 Å². The van der Waals surface area contributed by atoms with E-state index in [0.29, 0.717) is 19.8 Å². The third-order valence-corrected chi connectivity index (χ3v) is 2.34. The highest BCUT2D eigenvalue weighted by Gasteiger charge is 2.30. The molecule has 0 bridgehead atoms. The van der Waals surface area contributed by atoms with Crippen LogP contribution in [0.15, 0.2) is 5.11 Å². The Kier molecular flexibility index (Phi) is 4.89. The van der Waals surface area contributed by atoms with Gasteiger partial charge < -0.3 is 15.2 Å². The van der Waals surface area contributed by atoms with Crippen molar-refractivity contribution in [3.8, 4) is 0 Å². The van der Waals surface area contributed by atoms with E-state index in [1.54, 1.807) is 0 Å². The third-order valence-electron chi connectivity index (χ3n) is 2.34. The van der Waals surface area contributed by atoms with Crippen LogP contribution in [0.1, 0.15) is 6.42 Å². The maximum absolute atomic E-state index is 10.9. The Morgan fingerprint density at radius 2 is 2.60 bits per heavy atom. The lowest BCUT2D eigenvalue weighted by Crippen LogP contribution is -2.44. The molecule has 1 fully saturated rings. The van der Waals surface area contributed by atoms with Crippen LogP contribution in [0.4, 0.5) is 0 Å². The molecule has 2 atom stereocenters. The average molecular weight is 214 g/mol. The van der Waals surface area contributed by atoms with E-state index in [9.17, 15) is 4.79 Å². The number of ether oxygens (including phenoxy) is 1. The number of carbonyl (C=O) groups is 1. The Labute approximate surface area is 87.0 Å². The molecule has 0 aromatic heterocycles. The van der Waals surface area contributed by atoms with Crippen molar-refractivity contribution in [1.29, 1.82) is 0 Å². The molecule has 1 heterocycles. The lowest BCUT2D eigenvalue weighted by molar-refractivity contribution is -0.141. The van der Waals surface area contributed by atoms with E-state index < -0.39 is 12.0 Å². The Balaban J connectivity index is 2.36. The summed E-state index contributed by atoms with van der Waals surface area (Å²) in [6.07, 6.45) is 0.755. The number of nitrogens with one attached hydrogen (secondary N) is 1. The molecule has 0 aromatic rings. The van der Waals surface area contributed by atoms with Gasteiger partial charge in [0, 0.05) is 30.5 Å². The van der Waals surface area contributed by atoms with E-state index in [1.165, 1.54) is 0 Å². The Morgan fingerprint density at radius 1 is 1.80 bits per heavy atom. The second kappa shape index (κ2) is 6.23. The summed E-state index contributed by atoms with van der Waals surface area (Å²) in [6.45, 7) is 1.73.